The summed E-state index contributed by atoms with van der Waals surface area (Å²) < 4.78 is 16.9. The zero-order chi connectivity index (χ0) is 15.1. The minimum Gasteiger partial charge on any atom is -0.490 e. The van der Waals surface area contributed by atoms with E-state index in [1.165, 1.54) is 5.56 Å². The van der Waals surface area contributed by atoms with Gasteiger partial charge in [-0.05, 0) is 44.0 Å². The molecule has 0 spiro atoms. The molecule has 118 valence electrons. The molecule has 0 aliphatic carbocycles. The summed E-state index contributed by atoms with van der Waals surface area (Å²) in [5.74, 6) is 1.71. The molecule has 0 radical (unpaired) electrons. The molecule has 0 saturated carbocycles. The van der Waals surface area contributed by atoms with Crippen molar-refractivity contribution >= 4 is 0 Å². The van der Waals surface area contributed by atoms with Gasteiger partial charge in [0.15, 0.2) is 11.5 Å². The molecule has 0 amide bonds. The quantitative estimate of drug-likeness (QED) is 0.837. The Balaban J connectivity index is 2.16. The number of fused-ring (bicyclic) bond motifs is 1. The van der Waals surface area contributed by atoms with Crippen LogP contribution in [-0.2, 0) is 4.74 Å². The third-order valence-corrected chi connectivity index (χ3v) is 3.78. The number of nitrogens with one attached hydrogen (secondary N) is 1. The Morgan fingerprint density at radius 3 is 2.71 bits per heavy atom. The van der Waals surface area contributed by atoms with Crippen molar-refractivity contribution in [3.63, 3.8) is 0 Å². The Morgan fingerprint density at radius 2 is 2.00 bits per heavy atom. The molecule has 2 unspecified atom stereocenters. The molecule has 1 aromatic carbocycles. The van der Waals surface area contributed by atoms with Crippen LogP contribution in [0, 0.1) is 0 Å². The first-order chi connectivity index (χ1) is 10.2. The molecule has 2 atom stereocenters. The van der Waals surface area contributed by atoms with Crippen molar-refractivity contribution in [3.8, 4) is 11.5 Å². The van der Waals surface area contributed by atoms with Crippen LogP contribution in [0.5, 0.6) is 11.5 Å². The van der Waals surface area contributed by atoms with Crippen LogP contribution in [-0.4, -0.2) is 33.0 Å². The summed E-state index contributed by atoms with van der Waals surface area (Å²) in [4.78, 5) is 0. The fourth-order valence-corrected chi connectivity index (χ4v) is 2.48. The van der Waals surface area contributed by atoms with E-state index in [1.54, 1.807) is 7.11 Å². The van der Waals surface area contributed by atoms with Gasteiger partial charge in [0, 0.05) is 19.6 Å². The first-order valence-electron chi connectivity index (χ1n) is 7.90. The average molecular weight is 293 g/mol. The van der Waals surface area contributed by atoms with Crippen molar-refractivity contribution < 1.29 is 14.2 Å². The van der Waals surface area contributed by atoms with E-state index < -0.39 is 0 Å². The summed E-state index contributed by atoms with van der Waals surface area (Å²) in [6, 6.07) is 6.53. The number of rotatable bonds is 7. The van der Waals surface area contributed by atoms with Gasteiger partial charge in [0.2, 0.25) is 0 Å². The van der Waals surface area contributed by atoms with Crippen molar-refractivity contribution in [3.05, 3.63) is 23.8 Å². The van der Waals surface area contributed by atoms with Gasteiger partial charge in [-0.2, -0.15) is 0 Å². The van der Waals surface area contributed by atoms with Crippen LogP contribution in [0.2, 0.25) is 0 Å². The van der Waals surface area contributed by atoms with E-state index in [2.05, 4.69) is 31.3 Å². The van der Waals surface area contributed by atoms with Crippen LogP contribution < -0.4 is 14.8 Å². The van der Waals surface area contributed by atoms with E-state index >= 15 is 0 Å². The first-order valence-corrected chi connectivity index (χ1v) is 7.90. The zero-order valence-corrected chi connectivity index (χ0v) is 13.4. The summed E-state index contributed by atoms with van der Waals surface area (Å²) in [7, 11) is 1.76. The molecule has 4 nitrogen and oxygen atoms in total. The normalized spacial score (nSPS) is 17.1. The molecule has 1 N–H and O–H groups in total. The third kappa shape index (κ3) is 4.61. The van der Waals surface area contributed by atoms with Gasteiger partial charge in [-0.15, -0.1) is 0 Å². The van der Waals surface area contributed by atoms with Crippen molar-refractivity contribution in [1.82, 2.24) is 5.32 Å². The molecule has 1 aromatic rings. The number of ether oxygens (including phenoxy) is 3. The Hall–Kier alpha value is -1.26. The van der Waals surface area contributed by atoms with Crippen LogP contribution in [0.1, 0.15) is 44.7 Å². The predicted octanol–water partition coefficient (Wildman–Crippen LogP) is 3.31. The lowest BCUT2D eigenvalue weighted by molar-refractivity contribution is 0.100. The maximum absolute atomic E-state index is 5.79. The summed E-state index contributed by atoms with van der Waals surface area (Å²) >= 11 is 0. The molecule has 1 aliphatic heterocycles. The van der Waals surface area contributed by atoms with Gasteiger partial charge in [0.1, 0.15) is 0 Å². The highest BCUT2D eigenvalue weighted by atomic mass is 16.5. The molecule has 0 saturated heterocycles. The summed E-state index contributed by atoms with van der Waals surface area (Å²) in [6.07, 6.45) is 3.20. The van der Waals surface area contributed by atoms with Gasteiger partial charge < -0.3 is 19.5 Å². The highest BCUT2D eigenvalue weighted by Crippen LogP contribution is 2.33. The number of hydrogen-bond donors (Lipinski definition) is 1. The Kier molecular flexibility index (Phi) is 6.33. The molecule has 0 aromatic heterocycles. The molecule has 0 bridgehead atoms. The molecule has 1 heterocycles. The number of benzene rings is 1. The van der Waals surface area contributed by atoms with Crippen LogP contribution >= 0.6 is 0 Å². The second-order valence-corrected chi connectivity index (χ2v) is 5.55. The fraction of sp³-hybridized carbons (Fsp3) is 0.647. The Bertz CT molecular complexity index is 436. The minimum absolute atomic E-state index is 0.218. The van der Waals surface area contributed by atoms with Crippen molar-refractivity contribution in [2.75, 3.05) is 26.9 Å². The van der Waals surface area contributed by atoms with E-state index in [4.69, 9.17) is 14.2 Å². The lowest BCUT2D eigenvalue weighted by Gasteiger charge is -2.23. The second kappa shape index (κ2) is 8.25. The molecule has 2 rings (SSSR count). The third-order valence-electron chi connectivity index (χ3n) is 3.78. The smallest absolute Gasteiger partial charge is 0.161 e. The largest absolute Gasteiger partial charge is 0.490 e. The molecular formula is C17H27NO3. The first kappa shape index (κ1) is 16.1. The van der Waals surface area contributed by atoms with Gasteiger partial charge in [0.05, 0.1) is 19.3 Å². The maximum Gasteiger partial charge on any atom is 0.161 e. The summed E-state index contributed by atoms with van der Waals surface area (Å²) in [6.45, 7) is 6.72. The van der Waals surface area contributed by atoms with Crippen LogP contribution in [0.15, 0.2) is 18.2 Å². The van der Waals surface area contributed by atoms with Crippen LogP contribution in [0.4, 0.5) is 0 Å². The van der Waals surface area contributed by atoms with E-state index in [0.717, 1.165) is 50.5 Å². The maximum atomic E-state index is 5.79. The molecule has 1 aliphatic rings. The number of hydrogen-bond acceptors (Lipinski definition) is 4. The highest BCUT2D eigenvalue weighted by Gasteiger charge is 2.18. The molecule has 0 fully saturated rings. The van der Waals surface area contributed by atoms with Gasteiger partial charge in [0.25, 0.3) is 0 Å². The topological polar surface area (TPSA) is 39.7 Å². The lowest BCUT2D eigenvalue weighted by Crippen LogP contribution is -2.26. The predicted molar refractivity (Wildman–Crippen MR) is 84.2 cm³/mol. The monoisotopic (exact) mass is 293 g/mol. The lowest BCUT2D eigenvalue weighted by atomic mass is 10.00. The zero-order valence-electron chi connectivity index (χ0n) is 13.4. The Morgan fingerprint density at radius 1 is 1.24 bits per heavy atom. The second-order valence-electron chi connectivity index (χ2n) is 5.55. The van der Waals surface area contributed by atoms with Gasteiger partial charge in [-0.25, -0.2) is 0 Å². The molecule has 21 heavy (non-hydrogen) atoms. The highest BCUT2D eigenvalue weighted by molar-refractivity contribution is 5.44. The summed E-state index contributed by atoms with van der Waals surface area (Å²) in [5, 5.41) is 3.60. The van der Waals surface area contributed by atoms with Crippen LogP contribution in [0.25, 0.3) is 0 Å². The standard InChI is InChI=1S/C17H27NO3/c1-4-8-18-15(11-13(2)19-3)14-6-7-16-17(12-14)21-10-5-9-20-16/h6-7,12-13,15,18H,4-5,8-11H2,1-3H3. The average Bonchev–Trinajstić information content (AvgIpc) is 2.75. The van der Waals surface area contributed by atoms with Crippen LogP contribution in [0.3, 0.4) is 0 Å². The molecule has 4 heteroatoms. The van der Waals surface area contributed by atoms with Crippen molar-refractivity contribution in [1.29, 1.82) is 0 Å². The SMILES string of the molecule is CCCNC(CC(C)OC)c1ccc2c(c1)OCCCO2. The van der Waals surface area contributed by atoms with Gasteiger partial charge in [-0.1, -0.05) is 13.0 Å². The summed E-state index contributed by atoms with van der Waals surface area (Å²) in [5.41, 5.74) is 1.23. The number of methoxy groups -OCH3 is 1. The minimum atomic E-state index is 0.218. The van der Waals surface area contributed by atoms with E-state index in [0.29, 0.717) is 0 Å². The van der Waals surface area contributed by atoms with Gasteiger partial charge >= 0.3 is 0 Å². The van der Waals surface area contributed by atoms with Crippen molar-refractivity contribution in [2.45, 2.75) is 45.3 Å². The van der Waals surface area contributed by atoms with Gasteiger partial charge in [-0.3, -0.25) is 0 Å². The van der Waals surface area contributed by atoms with E-state index in [-0.39, 0.29) is 12.1 Å². The van der Waals surface area contributed by atoms with E-state index in [9.17, 15) is 0 Å². The molecular weight excluding hydrogens is 266 g/mol. The van der Waals surface area contributed by atoms with Crippen molar-refractivity contribution in [2.24, 2.45) is 0 Å². The van der Waals surface area contributed by atoms with E-state index in [1.807, 2.05) is 6.07 Å². The fourth-order valence-electron chi connectivity index (χ4n) is 2.48. The Labute approximate surface area is 127 Å².